The number of aliphatic hydroxyl groups is 2. The van der Waals surface area contributed by atoms with E-state index in [1.807, 2.05) is 6.92 Å². The van der Waals surface area contributed by atoms with Gasteiger partial charge in [0.05, 0.1) is 18.3 Å². The summed E-state index contributed by atoms with van der Waals surface area (Å²) in [6, 6.07) is 0. The minimum atomic E-state index is -0.680. The topological polar surface area (TPSA) is 66.8 Å². The summed E-state index contributed by atoms with van der Waals surface area (Å²) in [4.78, 5) is 11.7. The molecule has 0 radical (unpaired) electrons. The Hall–Kier alpha value is -0.610. The van der Waals surface area contributed by atoms with E-state index in [0.29, 0.717) is 37.2 Å². The first-order valence-corrected chi connectivity index (χ1v) is 9.25. The lowest BCUT2D eigenvalue weighted by Gasteiger charge is -2.61. The molecule has 0 aromatic rings. The molecule has 2 N–H and O–H groups in total. The van der Waals surface area contributed by atoms with Crippen molar-refractivity contribution in [3.8, 4) is 0 Å². The van der Waals surface area contributed by atoms with E-state index in [2.05, 4.69) is 13.8 Å². The summed E-state index contributed by atoms with van der Waals surface area (Å²) < 4.78 is 5.43. The zero-order valence-corrected chi connectivity index (χ0v) is 14.5. The summed E-state index contributed by atoms with van der Waals surface area (Å²) in [5, 5.41) is 22.0. The number of ether oxygens (including phenoxy) is 1. The van der Waals surface area contributed by atoms with Gasteiger partial charge < -0.3 is 14.9 Å². The lowest BCUT2D eigenvalue weighted by Crippen LogP contribution is -2.62. The molecular weight excluding hydrogens is 292 g/mol. The minimum Gasteiger partial charge on any atom is -0.465 e. The van der Waals surface area contributed by atoms with Gasteiger partial charge in [0.25, 0.3) is 0 Å². The van der Waals surface area contributed by atoms with E-state index in [-0.39, 0.29) is 22.7 Å². The van der Waals surface area contributed by atoms with E-state index in [1.54, 1.807) is 0 Å². The van der Waals surface area contributed by atoms with E-state index in [0.717, 1.165) is 25.7 Å². The summed E-state index contributed by atoms with van der Waals surface area (Å²) in [6.45, 7) is 6.81. The minimum absolute atomic E-state index is 0.0788. The quantitative estimate of drug-likeness (QED) is 0.673. The molecule has 130 valence electrons. The maximum Gasteiger partial charge on any atom is 0.306 e. The van der Waals surface area contributed by atoms with Crippen molar-refractivity contribution in [2.45, 2.75) is 71.0 Å². The first-order chi connectivity index (χ1) is 10.7. The molecule has 4 aliphatic rings. The van der Waals surface area contributed by atoms with Crippen LogP contribution in [0.1, 0.15) is 59.3 Å². The van der Waals surface area contributed by atoms with Crippen LogP contribution in [0, 0.1) is 34.5 Å². The van der Waals surface area contributed by atoms with Crippen molar-refractivity contribution in [1.82, 2.24) is 0 Å². The summed E-state index contributed by atoms with van der Waals surface area (Å²) in [5.41, 5.74) is -0.978. The SMILES string of the molecule is C[C@]12COC(=O)C[C@@H]1CC[C@@H]1[C@@H]2[C@H](O)C[C@@]2(C)[C@H]1CC[C@]2(C)O. The zero-order valence-electron chi connectivity index (χ0n) is 14.5. The van der Waals surface area contributed by atoms with Crippen molar-refractivity contribution >= 4 is 5.97 Å². The third-order valence-electron chi connectivity index (χ3n) is 8.52. The highest BCUT2D eigenvalue weighted by atomic mass is 16.5. The van der Waals surface area contributed by atoms with Crippen LogP contribution in [-0.2, 0) is 9.53 Å². The van der Waals surface area contributed by atoms with Crippen LogP contribution < -0.4 is 0 Å². The summed E-state index contributed by atoms with van der Waals surface area (Å²) in [7, 11) is 0. The number of carbonyl (C=O) groups is 1. The second kappa shape index (κ2) is 4.72. The Balaban J connectivity index is 1.70. The number of carbonyl (C=O) groups excluding carboxylic acids is 1. The number of cyclic esters (lactones) is 1. The molecule has 1 saturated heterocycles. The lowest BCUT2D eigenvalue weighted by molar-refractivity contribution is -0.212. The molecule has 4 nitrogen and oxygen atoms in total. The maximum atomic E-state index is 11.7. The molecule has 1 aliphatic heterocycles. The first-order valence-electron chi connectivity index (χ1n) is 9.25. The monoisotopic (exact) mass is 322 g/mol. The predicted octanol–water partition coefficient (Wildman–Crippen LogP) is 2.51. The van der Waals surface area contributed by atoms with Gasteiger partial charge in [-0.1, -0.05) is 13.8 Å². The fourth-order valence-corrected chi connectivity index (χ4v) is 6.95. The highest BCUT2D eigenvalue weighted by Crippen LogP contribution is 2.67. The van der Waals surface area contributed by atoms with Crippen LogP contribution in [0.5, 0.6) is 0 Å². The van der Waals surface area contributed by atoms with Gasteiger partial charge >= 0.3 is 5.97 Å². The molecule has 0 amide bonds. The molecule has 4 fully saturated rings. The number of hydrogen-bond donors (Lipinski definition) is 2. The second-order valence-electron chi connectivity index (χ2n) is 9.44. The van der Waals surface area contributed by atoms with E-state index in [4.69, 9.17) is 4.74 Å². The number of esters is 1. The third-order valence-corrected chi connectivity index (χ3v) is 8.52. The van der Waals surface area contributed by atoms with Crippen LogP contribution in [0.3, 0.4) is 0 Å². The Morgan fingerprint density at radius 2 is 1.91 bits per heavy atom. The number of fused-ring (bicyclic) bond motifs is 5. The van der Waals surface area contributed by atoms with Gasteiger partial charge in [0, 0.05) is 17.3 Å². The molecule has 0 spiro atoms. The highest BCUT2D eigenvalue weighted by Gasteiger charge is 2.66. The second-order valence-corrected chi connectivity index (χ2v) is 9.44. The van der Waals surface area contributed by atoms with E-state index in [9.17, 15) is 15.0 Å². The van der Waals surface area contributed by atoms with E-state index < -0.39 is 11.7 Å². The van der Waals surface area contributed by atoms with E-state index in [1.165, 1.54) is 0 Å². The van der Waals surface area contributed by atoms with Crippen molar-refractivity contribution in [2.24, 2.45) is 34.5 Å². The van der Waals surface area contributed by atoms with Gasteiger partial charge in [-0.2, -0.15) is 0 Å². The maximum absolute atomic E-state index is 11.7. The average Bonchev–Trinajstić information content (AvgIpc) is 2.69. The van der Waals surface area contributed by atoms with Crippen LogP contribution in [0.2, 0.25) is 0 Å². The Labute approximate surface area is 138 Å². The van der Waals surface area contributed by atoms with Crippen LogP contribution >= 0.6 is 0 Å². The normalized spacial score (nSPS) is 58.8. The van der Waals surface area contributed by atoms with E-state index >= 15 is 0 Å². The third kappa shape index (κ3) is 1.94. The Morgan fingerprint density at radius 3 is 2.65 bits per heavy atom. The summed E-state index contributed by atoms with van der Waals surface area (Å²) in [5.74, 6) is 1.37. The van der Waals surface area contributed by atoms with Crippen LogP contribution in [0.15, 0.2) is 0 Å². The zero-order chi connectivity index (χ0) is 16.6. The standard InChI is InChI=1S/C19H30O4/c1-17-10-23-15(21)8-11(17)4-5-12-13-6-7-19(3,22)18(13,2)9-14(20)16(12)17/h11-14,16,20,22H,4-10H2,1-3H3/t11-,12-,13-,14+,16+,17-,18-,19-/m0/s1. The van der Waals surface area contributed by atoms with Crippen molar-refractivity contribution in [3.63, 3.8) is 0 Å². The molecule has 3 saturated carbocycles. The average molecular weight is 322 g/mol. The van der Waals surface area contributed by atoms with Gasteiger partial charge in [-0.25, -0.2) is 0 Å². The fourth-order valence-electron chi connectivity index (χ4n) is 6.95. The summed E-state index contributed by atoms with van der Waals surface area (Å²) in [6.07, 6.45) is 4.78. The fraction of sp³-hybridized carbons (Fsp3) is 0.947. The van der Waals surface area contributed by atoms with Crippen molar-refractivity contribution in [1.29, 1.82) is 0 Å². The lowest BCUT2D eigenvalue weighted by atomic mass is 9.45. The van der Waals surface area contributed by atoms with Crippen LogP contribution in [0.4, 0.5) is 0 Å². The first kappa shape index (κ1) is 15.9. The predicted molar refractivity (Wildman–Crippen MR) is 85.5 cm³/mol. The Morgan fingerprint density at radius 1 is 1.17 bits per heavy atom. The Kier molecular flexibility index (Phi) is 3.26. The van der Waals surface area contributed by atoms with Gasteiger partial charge in [0.15, 0.2) is 0 Å². The molecular formula is C19H30O4. The number of aliphatic hydroxyl groups excluding tert-OH is 1. The van der Waals surface area contributed by atoms with Gasteiger partial charge in [-0.15, -0.1) is 0 Å². The van der Waals surface area contributed by atoms with Gasteiger partial charge in [0.2, 0.25) is 0 Å². The molecule has 1 heterocycles. The molecule has 0 unspecified atom stereocenters. The smallest absolute Gasteiger partial charge is 0.306 e. The molecule has 8 atom stereocenters. The summed E-state index contributed by atoms with van der Waals surface area (Å²) >= 11 is 0. The van der Waals surface area contributed by atoms with Crippen molar-refractivity contribution in [3.05, 3.63) is 0 Å². The number of hydrogen-bond acceptors (Lipinski definition) is 4. The molecule has 4 rings (SSSR count). The van der Waals surface area contributed by atoms with Crippen LogP contribution in [0.25, 0.3) is 0 Å². The molecule has 0 aromatic heterocycles. The van der Waals surface area contributed by atoms with Gasteiger partial charge in [-0.05, 0) is 62.7 Å². The Bertz CT molecular complexity index is 529. The van der Waals surface area contributed by atoms with Crippen molar-refractivity contribution in [2.75, 3.05) is 6.61 Å². The van der Waals surface area contributed by atoms with Gasteiger partial charge in [-0.3, -0.25) is 4.79 Å². The molecule has 23 heavy (non-hydrogen) atoms. The largest absolute Gasteiger partial charge is 0.465 e. The highest BCUT2D eigenvalue weighted by molar-refractivity contribution is 5.70. The molecule has 0 bridgehead atoms. The van der Waals surface area contributed by atoms with Crippen molar-refractivity contribution < 1.29 is 19.7 Å². The van der Waals surface area contributed by atoms with Gasteiger partial charge in [0.1, 0.15) is 0 Å². The molecule has 3 aliphatic carbocycles. The van der Waals surface area contributed by atoms with Crippen LogP contribution in [-0.4, -0.2) is 34.5 Å². The number of rotatable bonds is 0. The molecule has 0 aromatic carbocycles. The molecule has 4 heteroatoms.